The van der Waals surface area contributed by atoms with Crippen LogP contribution in [0.4, 0.5) is 5.82 Å². The van der Waals surface area contributed by atoms with E-state index in [0.717, 1.165) is 57.8 Å². The van der Waals surface area contributed by atoms with Crippen LogP contribution in [0.3, 0.4) is 0 Å². The molecule has 6 rings (SSSR count). The molecule has 3 aliphatic rings. The van der Waals surface area contributed by atoms with E-state index in [2.05, 4.69) is 45.1 Å². The number of rotatable bonds is 9. The first-order chi connectivity index (χ1) is 20.3. The van der Waals surface area contributed by atoms with E-state index in [4.69, 9.17) is 14.5 Å². The van der Waals surface area contributed by atoms with Gasteiger partial charge in [-0.3, -0.25) is 4.90 Å². The molecular weight excluding hydrogens is 550 g/mol. The molecular formula is C32H41N5O4S. The summed E-state index contributed by atoms with van der Waals surface area (Å²) in [6.07, 6.45) is 5.62. The fourth-order valence-electron chi connectivity index (χ4n) is 7.06. The van der Waals surface area contributed by atoms with Crippen molar-refractivity contribution in [3.05, 3.63) is 71.4 Å². The van der Waals surface area contributed by atoms with Crippen molar-refractivity contribution in [2.75, 3.05) is 51.3 Å². The second kappa shape index (κ2) is 11.8. The lowest BCUT2D eigenvalue weighted by molar-refractivity contribution is 0.218. The van der Waals surface area contributed by atoms with E-state index in [1.807, 2.05) is 19.9 Å². The Morgan fingerprint density at radius 3 is 2.52 bits per heavy atom. The zero-order valence-electron chi connectivity index (χ0n) is 24.8. The number of sulfonamides is 1. The largest absolute Gasteiger partial charge is 0.497 e. The zero-order chi connectivity index (χ0) is 29.3. The van der Waals surface area contributed by atoms with Crippen molar-refractivity contribution < 1.29 is 17.9 Å². The van der Waals surface area contributed by atoms with Crippen LogP contribution in [0.5, 0.6) is 11.8 Å². The fourth-order valence-corrected chi connectivity index (χ4v) is 9.16. The average molecular weight is 592 g/mol. The Hall–Kier alpha value is -3.21. The van der Waals surface area contributed by atoms with E-state index in [1.165, 1.54) is 12.0 Å². The first kappa shape index (κ1) is 28.9. The van der Waals surface area contributed by atoms with E-state index < -0.39 is 10.0 Å². The van der Waals surface area contributed by atoms with E-state index >= 15 is 0 Å². The van der Waals surface area contributed by atoms with E-state index in [1.54, 1.807) is 29.7 Å². The van der Waals surface area contributed by atoms with Gasteiger partial charge < -0.3 is 14.4 Å². The maximum absolute atomic E-state index is 13.8. The molecule has 1 spiro atoms. The van der Waals surface area contributed by atoms with Gasteiger partial charge in [-0.05, 0) is 81.0 Å². The zero-order valence-corrected chi connectivity index (χ0v) is 25.6. The van der Waals surface area contributed by atoms with Crippen molar-refractivity contribution in [3.63, 3.8) is 0 Å². The maximum Gasteiger partial charge on any atom is 0.318 e. The molecule has 42 heavy (non-hydrogen) atoms. The molecule has 0 N–H and O–H groups in total. The van der Waals surface area contributed by atoms with E-state index in [9.17, 15) is 8.42 Å². The van der Waals surface area contributed by atoms with Gasteiger partial charge in [0.05, 0.1) is 18.0 Å². The van der Waals surface area contributed by atoms with Gasteiger partial charge in [-0.2, -0.15) is 9.29 Å². The molecule has 0 amide bonds. The fraction of sp³-hybridized carbons (Fsp3) is 0.500. The lowest BCUT2D eigenvalue weighted by atomic mass is 9.86. The lowest BCUT2D eigenvalue weighted by Gasteiger charge is -2.26. The van der Waals surface area contributed by atoms with Crippen molar-refractivity contribution in [2.45, 2.75) is 57.0 Å². The second-order valence-corrected chi connectivity index (χ2v) is 14.0. The van der Waals surface area contributed by atoms with Crippen LogP contribution in [0.1, 0.15) is 42.4 Å². The highest BCUT2D eigenvalue weighted by Gasteiger charge is 2.44. The normalized spacial score (nSPS) is 23.2. The number of ether oxygens (including phenoxy) is 2. The van der Waals surface area contributed by atoms with Gasteiger partial charge in [-0.25, -0.2) is 13.4 Å². The van der Waals surface area contributed by atoms with Crippen molar-refractivity contribution in [1.29, 1.82) is 0 Å². The summed E-state index contributed by atoms with van der Waals surface area (Å²) >= 11 is 0. The maximum atomic E-state index is 13.8. The van der Waals surface area contributed by atoms with Crippen LogP contribution in [-0.2, 0) is 16.6 Å². The van der Waals surface area contributed by atoms with Crippen LogP contribution >= 0.6 is 0 Å². The van der Waals surface area contributed by atoms with Crippen molar-refractivity contribution >= 4 is 15.8 Å². The minimum absolute atomic E-state index is 0.218. The molecule has 3 saturated heterocycles. The van der Waals surface area contributed by atoms with Gasteiger partial charge >= 0.3 is 6.01 Å². The Labute approximate surface area is 249 Å². The molecule has 3 aliphatic heterocycles. The van der Waals surface area contributed by atoms with Crippen LogP contribution in [-0.4, -0.2) is 80.1 Å². The van der Waals surface area contributed by atoms with Gasteiger partial charge in [0.2, 0.25) is 10.0 Å². The molecule has 0 saturated carbocycles. The molecule has 10 heteroatoms. The summed E-state index contributed by atoms with van der Waals surface area (Å²) in [4.78, 5) is 14.4. The third kappa shape index (κ3) is 5.85. The van der Waals surface area contributed by atoms with Crippen LogP contribution in [0.25, 0.3) is 0 Å². The highest BCUT2D eigenvalue weighted by Crippen LogP contribution is 2.41. The van der Waals surface area contributed by atoms with Crippen LogP contribution in [0.15, 0.2) is 59.6 Å². The minimum Gasteiger partial charge on any atom is -0.497 e. The van der Waals surface area contributed by atoms with E-state index in [0.29, 0.717) is 34.3 Å². The number of methoxy groups -OCH3 is 1. The highest BCUT2D eigenvalue weighted by molar-refractivity contribution is 7.89. The topological polar surface area (TPSA) is 88.1 Å². The van der Waals surface area contributed by atoms with Gasteiger partial charge in [0.1, 0.15) is 18.2 Å². The predicted molar refractivity (Wildman–Crippen MR) is 163 cm³/mol. The lowest BCUT2D eigenvalue weighted by Crippen LogP contribution is -2.39. The Morgan fingerprint density at radius 2 is 1.76 bits per heavy atom. The Morgan fingerprint density at radius 1 is 1.00 bits per heavy atom. The van der Waals surface area contributed by atoms with Crippen molar-refractivity contribution in [1.82, 2.24) is 19.2 Å². The minimum atomic E-state index is -3.69. The van der Waals surface area contributed by atoms with Gasteiger partial charge in [-0.15, -0.1) is 0 Å². The van der Waals surface area contributed by atoms with Crippen LogP contribution < -0.4 is 14.4 Å². The molecule has 0 radical (unpaired) electrons. The SMILES string of the molecule is COc1cc(C)c(S(=O)(=O)N2CCC[C@H]2COc2nccc(N3CCC4(CCN(Cc5ccccc5)C4)C3)n2)c(C)c1. The van der Waals surface area contributed by atoms with Crippen molar-refractivity contribution in [3.8, 4) is 11.8 Å². The monoisotopic (exact) mass is 591 g/mol. The molecule has 1 aromatic heterocycles. The summed E-state index contributed by atoms with van der Waals surface area (Å²) in [6, 6.07) is 16.2. The first-order valence-electron chi connectivity index (χ1n) is 14.9. The third-order valence-corrected chi connectivity index (χ3v) is 11.4. The standard InChI is InChI=1S/C32H41N5O4S/c1-24-18-28(40-3)19-25(2)30(24)42(38,39)37-15-7-10-27(37)21-41-31-33-14-11-29(34-31)36-17-13-32(23-36)12-16-35(22-32)20-26-8-5-4-6-9-26/h4-6,8-9,11,14,18-19,27H,7,10,12-13,15-17,20-23H2,1-3H3/t27-,32?/m0/s1. The molecule has 0 bridgehead atoms. The summed E-state index contributed by atoms with van der Waals surface area (Å²) in [6.45, 7) is 9.49. The number of nitrogens with zero attached hydrogens (tertiary/aromatic N) is 5. The third-order valence-electron chi connectivity index (χ3n) is 9.11. The number of aryl methyl sites for hydroxylation is 2. The summed E-state index contributed by atoms with van der Waals surface area (Å²) in [7, 11) is -2.10. The van der Waals surface area contributed by atoms with Crippen LogP contribution in [0.2, 0.25) is 0 Å². The Bertz CT molecular complexity index is 1500. The van der Waals surface area contributed by atoms with Gasteiger partial charge in [-0.1, -0.05) is 30.3 Å². The smallest absolute Gasteiger partial charge is 0.318 e. The predicted octanol–water partition coefficient (Wildman–Crippen LogP) is 4.44. The quantitative estimate of drug-likeness (QED) is 0.361. The Balaban J connectivity index is 1.09. The molecule has 3 aromatic rings. The van der Waals surface area contributed by atoms with Gasteiger partial charge in [0.15, 0.2) is 0 Å². The molecule has 0 aliphatic carbocycles. The van der Waals surface area contributed by atoms with Crippen LogP contribution in [0, 0.1) is 19.3 Å². The molecule has 2 aromatic carbocycles. The number of likely N-dealkylation sites (tertiary alicyclic amines) is 1. The van der Waals surface area contributed by atoms with Gasteiger partial charge in [0.25, 0.3) is 0 Å². The summed E-state index contributed by atoms with van der Waals surface area (Å²) in [5, 5.41) is 0. The summed E-state index contributed by atoms with van der Waals surface area (Å²) in [5.41, 5.74) is 3.02. The second-order valence-electron chi connectivity index (χ2n) is 12.1. The number of anilines is 1. The average Bonchev–Trinajstić information content (AvgIpc) is 3.73. The number of aromatic nitrogens is 2. The molecule has 224 valence electrons. The molecule has 9 nitrogen and oxygen atoms in total. The first-order valence-corrected chi connectivity index (χ1v) is 16.3. The highest BCUT2D eigenvalue weighted by atomic mass is 32.2. The summed E-state index contributed by atoms with van der Waals surface area (Å²) < 4.78 is 40.5. The molecule has 3 fully saturated rings. The van der Waals surface area contributed by atoms with E-state index in [-0.39, 0.29) is 18.1 Å². The Kier molecular flexibility index (Phi) is 8.13. The molecule has 4 heterocycles. The number of hydrogen-bond acceptors (Lipinski definition) is 8. The molecule has 1 unspecified atom stereocenters. The molecule has 2 atom stereocenters. The number of hydrogen-bond donors (Lipinski definition) is 0. The summed E-state index contributed by atoms with van der Waals surface area (Å²) in [5.74, 6) is 1.53. The van der Waals surface area contributed by atoms with Crippen molar-refractivity contribution in [2.24, 2.45) is 5.41 Å². The number of benzene rings is 2. The van der Waals surface area contributed by atoms with Gasteiger partial charge in [0, 0.05) is 44.3 Å².